The summed E-state index contributed by atoms with van der Waals surface area (Å²) in [6.07, 6.45) is 0. The van der Waals surface area contributed by atoms with E-state index < -0.39 is 0 Å². The first kappa shape index (κ1) is 9.45. The van der Waals surface area contributed by atoms with Crippen molar-refractivity contribution in [3.8, 4) is 0 Å². The predicted octanol–water partition coefficient (Wildman–Crippen LogP) is 1.66. The van der Waals surface area contributed by atoms with Gasteiger partial charge in [-0.2, -0.15) is 0 Å². The lowest BCUT2D eigenvalue weighted by molar-refractivity contribution is 0.686. The molecular formula is C4H13N3P2. The van der Waals surface area contributed by atoms with Crippen LogP contribution in [0.5, 0.6) is 0 Å². The molecule has 0 fully saturated rings. The normalized spacial score (nSPS) is 13.6. The third-order valence-corrected chi connectivity index (χ3v) is 1.94. The maximum atomic E-state index is 4.22. The summed E-state index contributed by atoms with van der Waals surface area (Å²) >= 11 is 0. The molecule has 0 aliphatic heterocycles. The van der Waals surface area contributed by atoms with E-state index in [0.29, 0.717) is 8.88 Å². The van der Waals surface area contributed by atoms with E-state index in [-0.39, 0.29) is 0 Å². The summed E-state index contributed by atoms with van der Waals surface area (Å²) in [5.74, 6) is 0. The highest BCUT2D eigenvalue weighted by Gasteiger charge is 1.83. The second-order valence-corrected chi connectivity index (χ2v) is 4.90. The van der Waals surface area contributed by atoms with E-state index in [0.717, 1.165) is 8.52 Å². The van der Waals surface area contributed by atoms with Crippen LogP contribution in [0.3, 0.4) is 0 Å². The van der Waals surface area contributed by atoms with Crippen LogP contribution in [0.4, 0.5) is 0 Å². The average Bonchev–Trinajstić information content (AvgIpc) is 1.63. The highest BCUT2D eigenvalue weighted by atomic mass is 31.1. The lowest BCUT2D eigenvalue weighted by Crippen LogP contribution is -1.94. The fourth-order valence-electron chi connectivity index (χ4n) is 0.199. The molecular weight excluding hydrogens is 152 g/mol. The van der Waals surface area contributed by atoms with Gasteiger partial charge in [0.2, 0.25) is 0 Å². The van der Waals surface area contributed by atoms with Gasteiger partial charge in [-0.05, 0) is 28.2 Å². The van der Waals surface area contributed by atoms with Crippen molar-refractivity contribution in [3.05, 3.63) is 0 Å². The van der Waals surface area contributed by atoms with E-state index in [1.54, 1.807) is 0 Å². The third kappa shape index (κ3) is 8.45. The number of rotatable bonds is 3. The van der Waals surface area contributed by atoms with Gasteiger partial charge in [0.05, 0.1) is 17.4 Å². The van der Waals surface area contributed by atoms with Crippen LogP contribution in [0, 0.1) is 0 Å². The van der Waals surface area contributed by atoms with Crippen LogP contribution in [0.1, 0.15) is 0 Å². The van der Waals surface area contributed by atoms with Gasteiger partial charge in [0.15, 0.2) is 0 Å². The molecule has 0 saturated carbocycles. The topological polar surface area (TPSA) is 18.8 Å². The Balaban J connectivity index is 3.25. The average molecular weight is 165 g/mol. The zero-order valence-corrected chi connectivity index (χ0v) is 8.18. The first-order valence-corrected chi connectivity index (χ1v) is 4.33. The Kier molecular flexibility index (Phi) is 5.51. The second-order valence-electron chi connectivity index (χ2n) is 2.03. The summed E-state index contributed by atoms with van der Waals surface area (Å²) in [5.41, 5.74) is 0. The Morgan fingerprint density at radius 3 is 2.11 bits per heavy atom. The molecule has 5 heteroatoms. The molecule has 0 N–H and O–H groups in total. The van der Waals surface area contributed by atoms with E-state index in [1.165, 1.54) is 0 Å². The first-order chi connectivity index (χ1) is 4.13. The minimum Gasteiger partial charge on any atom is -0.272 e. The van der Waals surface area contributed by atoms with Crippen LogP contribution in [-0.2, 0) is 0 Å². The quantitative estimate of drug-likeness (QED) is 0.592. The second kappa shape index (κ2) is 5.25. The van der Waals surface area contributed by atoms with Crippen molar-refractivity contribution < 1.29 is 0 Å². The lowest BCUT2D eigenvalue weighted by atomic mass is 11.3. The minimum atomic E-state index is 0.586. The van der Waals surface area contributed by atoms with E-state index in [1.807, 2.05) is 32.9 Å². The van der Waals surface area contributed by atoms with Gasteiger partial charge in [-0.15, -0.1) is 0 Å². The van der Waals surface area contributed by atoms with E-state index in [9.17, 15) is 0 Å². The Bertz CT molecular complexity index is 91.8. The molecule has 0 aliphatic carbocycles. The molecule has 0 aromatic heterocycles. The molecule has 0 aromatic rings. The maximum absolute atomic E-state index is 4.22. The molecule has 0 saturated heterocycles. The zero-order valence-electron chi connectivity index (χ0n) is 6.29. The van der Waals surface area contributed by atoms with Crippen LogP contribution in [0.15, 0.2) is 4.52 Å². The summed E-state index contributed by atoms with van der Waals surface area (Å²) in [5, 5.41) is 0. The van der Waals surface area contributed by atoms with Crippen LogP contribution in [0.25, 0.3) is 0 Å². The fraction of sp³-hybridized carbons (Fsp3) is 1.00. The van der Waals surface area contributed by atoms with Crippen LogP contribution < -0.4 is 0 Å². The van der Waals surface area contributed by atoms with Crippen LogP contribution in [-0.4, -0.2) is 37.5 Å². The van der Waals surface area contributed by atoms with Crippen molar-refractivity contribution in [2.75, 3.05) is 28.2 Å². The van der Waals surface area contributed by atoms with E-state index in [2.05, 4.69) is 9.19 Å². The van der Waals surface area contributed by atoms with E-state index in [4.69, 9.17) is 0 Å². The van der Waals surface area contributed by atoms with Crippen molar-refractivity contribution >= 4 is 17.4 Å². The van der Waals surface area contributed by atoms with Crippen molar-refractivity contribution in [3.63, 3.8) is 0 Å². The Morgan fingerprint density at radius 2 is 1.78 bits per heavy atom. The van der Waals surface area contributed by atoms with Crippen molar-refractivity contribution in [1.29, 1.82) is 0 Å². The largest absolute Gasteiger partial charge is 0.272 e. The standard InChI is InChI=1S/C4H13N3P2/c1-6(2)8-5-9-7(3)4/h8H,1-4H3. The van der Waals surface area contributed by atoms with Crippen molar-refractivity contribution in [2.24, 2.45) is 4.52 Å². The molecule has 0 amide bonds. The maximum Gasteiger partial charge on any atom is 0.0979 e. The summed E-state index contributed by atoms with van der Waals surface area (Å²) in [6.45, 7) is 0. The minimum absolute atomic E-state index is 0.586. The van der Waals surface area contributed by atoms with Gasteiger partial charge in [-0.25, -0.2) is 9.19 Å². The molecule has 0 radical (unpaired) electrons. The third-order valence-electron chi connectivity index (χ3n) is 0.468. The summed E-state index contributed by atoms with van der Waals surface area (Å²) in [7, 11) is 9.69. The highest BCUT2D eigenvalue weighted by molar-refractivity contribution is 7.42. The molecule has 3 nitrogen and oxygen atoms in total. The van der Waals surface area contributed by atoms with Gasteiger partial charge in [-0.1, -0.05) is 0 Å². The zero-order chi connectivity index (χ0) is 7.28. The van der Waals surface area contributed by atoms with Gasteiger partial charge in [0, 0.05) is 0 Å². The molecule has 0 heterocycles. The Morgan fingerprint density at radius 1 is 1.22 bits per heavy atom. The number of hydrogen-bond acceptors (Lipinski definition) is 2. The molecule has 9 heavy (non-hydrogen) atoms. The molecule has 0 aromatic carbocycles. The SMILES string of the molecule is CN(C)P=NPN(C)C. The summed E-state index contributed by atoms with van der Waals surface area (Å²) in [6, 6.07) is 0. The van der Waals surface area contributed by atoms with Gasteiger partial charge < -0.3 is 0 Å². The summed E-state index contributed by atoms with van der Waals surface area (Å²) in [4.78, 5) is 0. The van der Waals surface area contributed by atoms with Gasteiger partial charge in [0.1, 0.15) is 0 Å². The first-order valence-electron chi connectivity index (χ1n) is 2.64. The smallest absolute Gasteiger partial charge is 0.0979 e. The Hall–Kier alpha value is 0.450. The fourth-order valence-corrected chi connectivity index (χ4v) is 1.79. The van der Waals surface area contributed by atoms with Crippen LogP contribution in [0.2, 0.25) is 0 Å². The predicted molar refractivity (Wildman–Crippen MR) is 45.0 cm³/mol. The summed E-state index contributed by atoms with van der Waals surface area (Å²) < 4.78 is 8.31. The molecule has 1 unspecified atom stereocenters. The monoisotopic (exact) mass is 165 g/mol. The molecule has 0 bridgehead atoms. The van der Waals surface area contributed by atoms with Gasteiger partial charge in [-0.3, -0.25) is 4.67 Å². The number of nitrogens with zero attached hydrogens (tertiary/aromatic N) is 3. The molecule has 54 valence electrons. The van der Waals surface area contributed by atoms with Gasteiger partial charge in [0.25, 0.3) is 0 Å². The lowest BCUT2D eigenvalue weighted by Gasteiger charge is -2.03. The Labute approximate surface area is 60.3 Å². The van der Waals surface area contributed by atoms with E-state index >= 15 is 0 Å². The van der Waals surface area contributed by atoms with Gasteiger partial charge >= 0.3 is 0 Å². The molecule has 0 spiro atoms. The highest BCUT2D eigenvalue weighted by Crippen LogP contribution is 2.20. The van der Waals surface area contributed by atoms with Crippen LogP contribution >= 0.6 is 17.4 Å². The van der Waals surface area contributed by atoms with Crippen molar-refractivity contribution in [1.82, 2.24) is 9.34 Å². The van der Waals surface area contributed by atoms with Crippen molar-refractivity contribution in [2.45, 2.75) is 0 Å². The molecule has 0 rings (SSSR count). The number of hydrogen-bond donors (Lipinski definition) is 0. The molecule has 0 aliphatic rings. The molecule has 1 atom stereocenters.